The number of carbonyl (C=O) groups excluding carboxylic acids is 1. The lowest BCUT2D eigenvalue weighted by Crippen LogP contribution is -2.38. The number of hydrogen-bond donors (Lipinski definition) is 1. The van der Waals surface area contributed by atoms with Crippen molar-refractivity contribution >= 4 is 16.8 Å². The zero-order chi connectivity index (χ0) is 16.8. The molecule has 130 valence electrons. The molecule has 1 saturated heterocycles. The Morgan fingerprint density at radius 3 is 2.88 bits per heavy atom. The van der Waals surface area contributed by atoms with E-state index in [0.717, 1.165) is 62.4 Å². The van der Waals surface area contributed by atoms with E-state index >= 15 is 0 Å². The van der Waals surface area contributed by atoms with Crippen molar-refractivity contribution in [3.05, 3.63) is 30.0 Å². The molecule has 3 rings (SSSR count). The number of carbonyl (C=O) groups is 1. The Bertz CT molecular complexity index is 677. The minimum absolute atomic E-state index is 0.0919. The third-order valence-corrected chi connectivity index (χ3v) is 4.47. The Balaban J connectivity index is 1.39. The molecule has 0 aliphatic carbocycles. The molecule has 0 atom stereocenters. The second-order valence-electron chi connectivity index (χ2n) is 6.23. The maximum absolute atomic E-state index is 12.0. The van der Waals surface area contributed by atoms with E-state index in [1.54, 1.807) is 0 Å². The van der Waals surface area contributed by atoms with Crippen LogP contribution in [0.5, 0.6) is 0 Å². The molecule has 0 unspecified atom stereocenters. The molecule has 1 aliphatic rings. The number of morpholine rings is 1. The number of aryl methyl sites for hydroxylation is 2. The summed E-state index contributed by atoms with van der Waals surface area (Å²) in [5.41, 5.74) is 2.10. The van der Waals surface area contributed by atoms with E-state index in [-0.39, 0.29) is 5.91 Å². The van der Waals surface area contributed by atoms with Gasteiger partial charge in [-0.2, -0.15) is 5.10 Å². The molecule has 2 heterocycles. The van der Waals surface area contributed by atoms with Crippen molar-refractivity contribution in [1.82, 2.24) is 20.0 Å². The van der Waals surface area contributed by atoms with Gasteiger partial charge in [0, 0.05) is 31.4 Å². The summed E-state index contributed by atoms with van der Waals surface area (Å²) in [6, 6.07) is 8.14. The van der Waals surface area contributed by atoms with Crippen molar-refractivity contribution < 1.29 is 9.53 Å². The van der Waals surface area contributed by atoms with Crippen LogP contribution in [0.15, 0.2) is 24.3 Å². The fourth-order valence-electron chi connectivity index (χ4n) is 3.11. The van der Waals surface area contributed by atoms with Gasteiger partial charge in [-0.25, -0.2) is 0 Å². The molecule has 1 N–H and O–H groups in total. The number of rotatable bonds is 7. The average Bonchev–Trinajstić information content (AvgIpc) is 2.94. The second-order valence-corrected chi connectivity index (χ2v) is 6.23. The van der Waals surface area contributed by atoms with Crippen LogP contribution in [-0.4, -0.2) is 60.0 Å². The zero-order valence-corrected chi connectivity index (χ0v) is 14.3. The van der Waals surface area contributed by atoms with Gasteiger partial charge in [0.1, 0.15) is 0 Å². The summed E-state index contributed by atoms with van der Waals surface area (Å²) < 4.78 is 7.26. The van der Waals surface area contributed by atoms with Gasteiger partial charge in [0.15, 0.2) is 0 Å². The molecule has 0 spiro atoms. The SMILES string of the molecule is Cc1nn(CCC(=O)NCCCN2CCOCC2)c2ccccc12. The van der Waals surface area contributed by atoms with Crippen molar-refractivity contribution in [3.63, 3.8) is 0 Å². The Morgan fingerprint density at radius 1 is 1.25 bits per heavy atom. The van der Waals surface area contributed by atoms with E-state index in [2.05, 4.69) is 27.4 Å². The predicted octanol–water partition coefficient (Wildman–Crippen LogP) is 1.57. The number of ether oxygens (including phenoxy) is 1. The van der Waals surface area contributed by atoms with E-state index in [0.29, 0.717) is 13.0 Å². The average molecular weight is 330 g/mol. The van der Waals surface area contributed by atoms with E-state index < -0.39 is 0 Å². The first-order valence-electron chi connectivity index (χ1n) is 8.73. The van der Waals surface area contributed by atoms with Crippen molar-refractivity contribution in [3.8, 4) is 0 Å². The van der Waals surface area contributed by atoms with Gasteiger partial charge in [0.05, 0.1) is 31.0 Å². The summed E-state index contributed by atoms with van der Waals surface area (Å²) in [5, 5.41) is 8.70. The standard InChI is InChI=1S/C18H26N4O2/c1-15-16-5-2-3-6-17(16)22(20-15)10-7-18(23)19-8-4-9-21-11-13-24-14-12-21/h2-3,5-6H,4,7-14H2,1H3,(H,19,23). The van der Waals surface area contributed by atoms with Crippen LogP contribution in [0.2, 0.25) is 0 Å². The van der Waals surface area contributed by atoms with Gasteiger partial charge in [-0.05, 0) is 26.0 Å². The summed E-state index contributed by atoms with van der Waals surface area (Å²) >= 11 is 0. The maximum Gasteiger partial charge on any atom is 0.221 e. The van der Waals surface area contributed by atoms with Crippen LogP contribution >= 0.6 is 0 Å². The van der Waals surface area contributed by atoms with Crippen LogP contribution in [0.1, 0.15) is 18.5 Å². The molecule has 1 aliphatic heterocycles. The highest BCUT2D eigenvalue weighted by molar-refractivity contribution is 5.82. The van der Waals surface area contributed by atoms with Gasteiger partial charge in [-0.3, -0.25) is 14.4 Å². The Labute approximate surface area is 142 Å². The second kappa shape index (κ2) is 8.26. The van der Waals surface area contributed by atoms with Crippen LogP contribution in [0.25, 0.3) is 10.9 Å². The van der Waals surface area contributed by atoms with Crippen LogP contribution in [0.4, 0.5) is 0 Å². The normalized spacial score (nSPS) is 15.7. The summed E-state index contributed by atoms with van der Waals surface area (Å²) in [6.07, 6.45) is 1.44. The number of para-hydroxylation sites is 1. The van der Waals surface area contributed by atoms with Crippen LogP contribution in [-0.2, 0) is 16.1 Å². The lowest BCUT2D eigenvalue weighted by atomic mass is 10.2. The van der Waals surface area contributed by atoms with Gasteiger partial charge in [0.2, 0.25) is 5.91 Å². The van der Waals surface area contributed by atoms with E-state index in [1.807, 2.05) is 23.7 Å². The molecule has 6 nitrogen and oxygen atoms in total. The van der Waals surface area contributed by atoms with Gasteiger partial charge in [-0.15, -0.1) is 0 Å². The van der Waals surface area contributed by atoms with Gasteiger partial charge >= 0.3 is 0 Å². The monoisotopic (exact) mass is 330 g/mol. The van der Waals surface area contributed by atoms with Gasteiger partial charge in [-0.1, -0.05) is 18.2 Å². The topological polar surface area (TPSA) is 59.4 Å². The lowest BCUT2D eigenvalue weighted by molar-refractivity contribution is -0.121. The van der Waals surface area contributed by atoms with Crippen molar-refractivity contribution in [2.24, 2.45) is 0 Å². The summed E-state index contributed by atoms with van der Waals surface area (Å²) in [7, 11) is 0. The first kappa shape index (κ1) is 16.9. The minimum atomic E-state index is 0.0919. The highest BCUT2D eigenvalue weighted by Crippen LogP contribution is 2.17. The van der Waals surface area contributed by atoms with E-state index in [1.165, 1.54) is 0 Å². The Hall–Kier alpha value is -1.92. The third-order valence-electron chi connectivity index (χ3n) is 4.47. The van der Waals surface area contributed by atoms with Crippen molar-refractivity contribution in [1.29, 1.82) is 0 Å². The highest BCUT2D eigenvalue weighted by atomic mass is 16.5. The largest absolute Gasteiger partial charge is 0.379 e. The van der Waals surface area contributed by atoms with Crippen LogP contribution < -0.4 is 5.32 Å². The maximum atomic E-state index is 12.0. The molecular formula is C18H26N4O2. The number of hydrogen-bond acceptors (Lipinski definition) is 4. The molecule has 0 bridgehead atoms. The molecule has 6 heteroatoms. The molecule has 0 radical (unpaired) electrons. The lowest BCUT2D eigenvalue weighted by Gasteiger charge is -2.26. The molecule has 1 amide bonds. The van der Waals surface area contributed by atoms with Crippen LogP contribution in [0, 0.1) is 6.92 Å². The fourth-order valence-corrected chi connectivity index (χ4v) is 3.11. The molecule has 24 heavy (non-hydrogen) atoms. The van der Waals surface area contributed by atoms with Crippen molar-refractivity contribution in [2.75, 3.05) is 39.4 Å². The van der Waals surface area contributed by atoms with Crippen LogP contribution in [0.3, 0.4) is 0 Å². The molecule has 1 aromatic heterocycles. The first-order chi connectivity index (χ1) is 11.7. The number of aromatic nitrogens is 2. The summed E-state index contributed by atoms with van der Waals surface area (Å²) in [5.74, 6) is 0.0919. The van der Waals surface area contributed by atoms with E-state index in [4.69, 9.17) is 4.74 Å². The van der Waals surface area contributed by atoms with Gasteiger partial charge in [0.25, 0.3) is 0 Å². The summed E-state index contributed by atoms with van der Waals surface area (Å²) in [6.45, 7) is 8.02. The number of nitrogens with zero attached hydrogens (tertiary/aromatic N) is 3. The molecular weight excluding hydrogens is 304 g/mol. The minimum Gasteiger partial charge on any atom is -0.379 e. The number of benzene rings is 1. The number of amides is 1. The van der Waals surface area contributed by atoms with Crippen molar-refractivity contribution in [2.45, 2.75) is 26.3 Å². The molecule has 0 saturated carbocycles. The van der Waals surface area contributed by atoms with E-state index in [9.17, 15) is 4.79 Å². The Kier molecular flexibility index (Phi) is 5.82. The summed E-state index contributed by atoms with van der Waals surface area (Å²) in [4.78, 5) is 14.4. The number of fused-ring (bicyclic) bond motifs is 1. The zero-order valence-electron chi connectivity index (χ0n) is 14.3. The fraction of sp³-hybridized carbons (Fsp3) is 0.556. The first-order valence-corrected chi connectivity index (χ1v) is 8.73. The number of nitrogens with one attached hydrogen (secondary N) is 1. The predicted molar refractivity (Wildman–Crippen MR) is 94.0 cm³/mol. The van der Waals surface area contributed by atoms with Gasteiger partial charge < -0.3 is 10.1 Å². The molecule has 1 fully saturated rings. The highest BCUT2D eigenvalue weighted by Gasteiger charge is 2.10. The quantitative estimate of drug-likeness (QED) is 0.783. The molecule has 1 aromatic carbocycles. The molecule has 2 aromatic rings. The Morgan fingerprint density at radius 2 is 2.04 bits per heavy atom. The smallest absolute Gasteiger partial charge is 0.221 e. The third kappa shape index (κ3) is 4.33.